The third kappa shape index (κ3) is 3.81. The first-order valence-electron chi connectivity index (χ1n) is 7.50. The highest BCUT2D eigenvalue weighted by atomic mass is 16.1. The molecule has 0 saturated heterocycles. The Balaban J connectivity index is 2.38. The lowest BCUT2D eigenvalue weighted by atomic mass is 10.2. The molecule has 0 bridgehead atoms. The maximum absolute atomic E-state index is 12.2. The van der Waals surface area contributed by atoms with Gasteiger partial charge in [-0.25, -0.2) is 9.97 Å². The van der Waals surface area contributed by atoms with Gasteiger partial charge in [0.25, 0.3) is 5.91 Å². The second-order valence-electron chi connectivity index (χ2n) is 5.40. The van der Waals surface area contributed by atoms with E-state index in [1.54, 1.807) is 6.07 Å². The van der Waals surface area contributed by atoms with Gasteiger partial charge in [0, 0.05) is 24.0 Å². The Bertz CT molecular complexity index is 640. The molecule has 5 nitrogen and oxygen atoms in total. The first kappa shape index (κ1) is 15.9. The summed E-state index contributed by atoms with van der Waals surface area (Å²) in [5.74, 6) is 0.369. The third-order valence-corrected chi connectivity index (χ3v) is 3.12. The average molecular weight is 298 g/mol. The van der Waals surface area contributed by atoms with Gasteiger partial charge in [0.05, 0.1) is 0 Å². The number of benzene rings is 1. The van der Waals surface area contributed by atoms with E-state index in [9.17, 15) is 4.79 Å². The Morgan fingerprint density at radius 3 is 2.50 bits per heavy atom. The first-order valence-corrected chi connectivity index (χ1v) is 7.50. The summed E-state index contributed by atoms with van der Waals surface area (Å²) in [6.07, 6.45) is 0. The van der Waals surface area contributed by atoms with Crippen molar-refractivity contribution in [3.8, 4) is 0 Å². The van der Waals surface area contributed by atoms with E-state index in [0.717, 1.165) is 17.9 Å². The lowest BCUT2D eigenvalue weighted by Gasteiger charge is -2.21. The minimum absolute atomic E-state index is 0.0719. The molecule has 1 aromatic carbocycles. The van der Waals surface area contributed by atoms with Crippen molar-refractivity contribution in [2.75, 3.05) is 11.4 Å². The highest BCUT2D eigenvalue weighted by Gasteiger charge is 2.15. The Kier molecular flexibility index (Phi) is 5.09. The normalized spacial score (nSPS) is 10.6. The summed E-state index contributed by atoms with van der Waals surface area (Å²) in [5, 5.41) is 2.86. The number of aryl methyl sites for hydroxylation is 1. The van der Waals surface area contributed by atoms with Crippen LogP contribution in [0.1, 0.15) is 37.0 Å². The van der Waals surface area contributed by atoms with E-state index >= 15 is 0 Å². The fraction of sp³-hybridized carbons (Fsp3) is 0.353. The van der Waals surface area contributed by atoms with E-state index in [2.05, 4.69) is 15.3 Å². The standard InChI is InChI=1S/C17H22N4O/c1-5-21(14-9-7-6-8-10-14)17-19-13(4)11-15(20-17)16(22)18-12(2)3/h6-12H,5H2,1-4H3,(H,18,22). The van der Waals surface area contributed by atoms with Crippen molar-refractivity contribution in [2.45, 2.75) is 33.7 Å². The summed E-state index contributed by atoms with van der Waals surface area (Å²) in [6, 6.07) is 11.7. The molecule has 0 saturated carbocycles. The molecule has 0 aliphatic rings. The molecule has 0 spiro atoms. The molecule has 0 fully saturated rings. The van der Waals surface area contributed by atoms with Gasteiger partial charge in [0.15, 0.2) is 0 Å². The molecular weight excluding hydrogens is 276 g/mol. The smallest absolute Gasteiger partial charge is 0.270 e. The van der Waals surface area contributed by atoms with E-state index in [1.165, 1.54) is 0 Å². The topological polar surface area (TPSA) is 58.1 Å². The maximum atomic E-state index is 12.2. The Labute approximate surface area is 131 Å². The van der Waals surface area contributed by atoms with Gasteiger partial charge in [-0.05, 0) is 45.9 Å². The van der Waals surface area contributed by atoms with Crippen molar-refractivity contribution < 1.29 is 4.79 Å². The van der Waals surface area contributed by atoms with Gasteiger partial charge in [-0.3, -0.25) is 4.79 Å². The Morgan fingerprint density at radius 1 is 1.23 bits per heavy atom. The number of nitrogens with zero attached hydrogens (tertiary/aromatic N) is 3. The van der Waals surface area contributed by atoms with E-state index in [1.807, 2.05) is 62.9 Å². The second-order valence-corrected chi connectivity index (χ2v) is 5.40. The zero-order valence-electron chi connectivity index (χ0n) is 13.5. The highest BCUT2D eigenvalue weighted by molar-refractivity contribution is 5.92. The number of carbonyl (C=O) groups is 1. The number of rotatable bonds is 5. The number of anilines is 2. The SMILES string of the molecule is CCN(c1ccccc1)c1nc(C)cc(C(=O)NC(C)C)n1. The van der Waals surface area contributed by atoms with E-state index in [4.69, 9.17) is 0 Å². The van der Waals surface area contributed by atoms with Gasteiger partial charge in [-0.15, -0.1) is 0 Å². The fourth-order valence-corrected chi connectivity index (χ4v) is 2.17. The van der Waals surface area contributed by atoms with Gasteiger partial charge >= 0.3 is 0 Å². The molecule has 2 rings (SSSR count). The Hall–Kier alpha value is -2.43. The molecule has 1 heterocycles. The molecule has 0 aliphatic carbocycles. The number of carbonyl (C=O) groups excluding carboxylic acids is 1. The van der Waals surface area contributed by atoms with Gasteiger partial charge < -0.3 is 10.2 Å². The van der Waals surface area contributed by atoms with Gasteiger partial charge in [0.1, 0.15) is 5.69 Å². The zero-order chi connectivity index (χ0) is 16.1. The van der Waals surface area contributed by atoms with E-state index < -0.39 is 0 Å². The van der Waals surface area contributed by atoms with Gasteiger partial charge in [-0.2, -0.15) is 0 Å². The van der Waals surface area contributed by atoms with Crippen LogP contribution >= 0.6 is 0 Å². The van der Waals surface area contributed by atoms with E-state index in [-0.39, 0.29) is 11.9 Å². The minimum Gasteiger partial charge on any atom is -0.349 e. The van der Waals surface area contributed by atoms with Crippen molar-refractivity contribution in [3.63, 3.8) is 0 Å². The molecule has 2 aromatic rings. The number of hydrogen-bond acceptors (Lipinski definition) is 4. The van der Waals surface area contributed by atoms with Crippen LogP contribution in [-0.2, 0) is 0 Å². The average Bonchev–Trinajstić information content (AvgIpc) is 2.48. The van der Waals surface area contributed by atoms with Gasteiger partial charge in [0.2, 0.25) is 5.95 Å². The Morgan fingerprint density at radius 2 is 1.91 bits per heavy atom. The molecule has 0 aliphatic heterocycles. The number of para-hydroxylation sites is 1. The number of nitrogens with one attached hydrogen (secondary N) is 1. The molecule has 22 heavy (non-hydrogen) atoms. The van der Waals surface area contributed by atoms with Crippen LogP contribution in [0.5, 0.6) is 0 Å². The predicted molar refractivity (Wildman–Crippen MR) is 88.5 cm³/mol. The molecule has 0 radical (unpaired) electrons. The largest absolute Gasteiger partial charge is 0.349 e. The summed E-state index contributed by atoms with van der Waals surface area (Å²) >= 11 is 0. The minimum atomic E-state index is -0.175. The maximum Gasteiger partial charge on any atom is 0.270 e. The summed E-state index contributed by atoms with van der Waals surface area (Å²) in [6.45, 7) is 8.48. The van der Waals surface area contributed by atoms with Crippen LogP contribution in [0.2, 0.25) is 0 Å². The van der Waals surface area contributed by atoms with Crippen LogP contribution in [0, 0.1) is 6.92 Å². The van der Waals surface area contributed by atoms with Crippen LogP contribution in [0.4, 0.5) is 11.6 Å². The van der Waals surface area contributed by atoms with Gasteiger partial charge in [-0.1, -0.05) is 18.2 Å². The van der Waals surface area contributed by atoms with Crippen molar-refractivity contribution in [3.05, 3.63) is 47.8 Å². The zero-order valence-corrected chi connectivity index (χ0v) is 13.5. The molecule has 116 valence electrons. The quantitative estimate of drug-likeness (QED) is 0.921. The number of amides is 1. The third-order valence-electron chi connectivity index (χ3n) is 3.12. The van der Waals surface area contributed by atoms with Crippen molar-refractivity contribution >= 4 is 17.5 Å². The van der Waals surface area contributed by atoms with Crippen molar-refractivity contribution in [1.29, 1.82) is 0 Å². The monoisotopic (exact) mass is 298 g/mol. The first-order chi connectivity index (χ1) is 10.5. The predicted octanol–water partition coefficient (Wildman–Crippen LogP) is 3.08. The molecule has 0 unspecified atom stereocenters. The lowest BCUT2D eigenvalue weighted by molar-refractivity contribution is 0.0938. The van der Waals surface area contributed by atoms with Crippen LogP contribution in [0.25, 0.3) is 0 Å². The van der Waals surface area contributed by atoms with Crippen LogP contribution < -0.4 is 10.2 Å². The van der Waals surface area contributed by atoms with Crippen molar-refractivity contribution in [2.24, 2.45) is 0 Å². The molecular formula is C17H22N4O. The molecule has 1 amide bonds. The summed E-state index contributed by atoms with van der Waals surface area (Å²) in [5.41, 5.74) is 2.17. The number of hydrogen-bond donors (Lipinski definition) is 1. The van der Waals surface area contributed by atoms with Crippen LogP contribution in [0.15, 0.2) is 36.4 Å². The molecule has 0 atom stereocenters. The summed E-state index contributed by atoms with van der Waals surface area (Å²) in [7, 11) is 0. The summed E-state index contributed by atoms with van der Waals surface area (Å²) < 4.78 is 0. The number of aromatic nitrogens is 2. The van der Waals surface area contributed by atoms with E-state index in [0.29, 0.717) is 11.6 Å². The second kappa shape index (κ2) is 7.02. The fourth-order valence-electron chi connectivity index (χ4n) is 2.17. The van der Waals surface area contributed by atoms with Crippen LogP contribution in [-0.4, -0.2) is 28.5 Å². The van der Waals surface area contributed by atoms with Crippen LogP contribution in [0.3, 0.4) is 0 Å². The molecule has 1 aromatic heterocycles. The molecule has 1 N–H and O–H groups in total. The van der Waals surface area contributed by atoms with Crippen molar-refractivity contribution in [1.82, 2.24) is 15.3 Å². The highest BCUT2D eigenvalue weighted by Crippen LogP contribution is 2.21. The lowest BCUT2D eigenvalue weighted by Crippen LogP contribution is -2.31. The molecule has 5 heteroatoms. The summed E-state index contributed by atoms with van der Waals surface area (Å²) in [4.78, 5) is 23.1.